The van der Waals surface area contributed by atoms with Gasteiger partial charge in [0, 0.05) is 12.1 Å². The Labute approximate surface area is 102 Å². The summed E-state index contributed by atoms with van der Waals surface area (Å²) in [5.74, 6) is 0. The van der Waals surface area contributed by atoms with Gasteiger partial charge in [-0.2, -0.15) is 0 Å². The highest BCUT2D eigenvalue weighted by atomic mass is 15.2. The van der Waals surface area contributed by atoms with Crippen LogP contribution in [-0.4, -0.2) is 36.6 Å². The van der Waals surface area contributed by atoms with Crippen LogP contribution in [0.1, 0.15) is 59.3 Å². The highest BCUT2D eigenvalue weighted by Gasteiger charge is 2.26. The molecule has 0 heterocycles. The third-order valence-electron chi connectivity index (χ3n) is 3.83. The van der Waals surface area contributed by atoms with Crippen LogP contribution in [0.5, 0.6) is 0 Å². The Balaban J connectivity index is 2.60. The van der Waals surface area contributed by atoms with Crippen LogP contribution in [-0.2, 0) is 0 Å². The molecule has 1 rings (SSSR count). The summed E-state index contributed by atoms with van der Waals surface area (Å²) in [5, 5.41) is 3.71. The van der Waals surface area contributed by atoms with E-state index in [2.05, 4.69) is 31.0 Å². The van der Waals surface area contributed by atoms with Gasteiger partial charge in [-0.15, -0.1) is 0 Å². The van der Waals surface area contributed by atoms with E-state index in [0.29, 0.717) is 0 Å². The number of rotatable bonds is 6. The average molecular weight is 226 g/mol. The topological polar surface area (TPSA) is 15.3 Å². The van der Waals surface area contributed by atoms with Crippen molar-refractivity contribution >= 4 is 0 Å². The van der Waals surface area contributed by atoms with Crippen molar-refractivity contribution in [3.05, 3.63) is 0 Å². The van der Waals surface area contributed by atoms with E-state index in [9.17, 15) is 0 Å². The molecule has 1 saturated carbocycles. The lowest BCUT2D eigenvalue weighted by atomic mass is 10.0. The third-order valence-corrected chi connectivity index (χ3v) is 3.83. The maximum absolute atomic E-state index is 3.71. The molecule has 2 nitrogen and oxygen atoms in total. The second-order valence-electron chi connectivity index (χ2n) is 5.00. The van der Waals surface area contributed by atoms with E-state index in [1.54, 1.807) is 0 Å². The van der Waals surface area contributed by atoms with E-state index in [-0.39, 0.29) is 0 Å². The van der Waals surface area contributed by atoms with Gasteiger partial charge < -0.3 is 5.32 Å². The largest absolute Gasteiger partial charge is 0.313 e. The van der Waals surface area contributed by atoms with Crippen molar-refractivity contribution in [3.8, 4) is 0 Å². The van der Waals surface area contributed by atoms with Gasteiger partial charge >= 0.3 is 0 Å². The molecule has 0 spiro atoms. The van der Waals surface area contributed by atoms with Gasteiger partial charge in [0.05, 0.1) is 0 Å². The van der Waals surface area contributed by atoms with E-state index < -0.39 is 0 Å². The van der Waals surface area contributed by atoms with Crippen LogP contribution in [0.2, 0.25) is 0 Å². The number of nitrogens with zero attached hydrogens (tertiary/aromatic N) is 1. The predicted octanol–water partition coefficient (Wildman–Crippen LogP) is 3.03. The predicted molar refractivity (Wildman–Crippen MR) is 71.9 cm³/mol. The molecule has 0 aromatic heterocycles. The SMILES string of the molecule is CCCN(CC)C1CCCCCC1NCC. The Morgan fingerprint density at radius 1 is 1.06 bits per heavy atom. The van der Waals surface area contributed by atoms with Gasteiger partial charge in [-0.1, -0.05) is 40.0 Å². The second-order valence-corrected chi connectivity index (χ2v) is 5.00. The van der Waals surface area contributed by atoms with E-state index in [4.69, 9.17) is 0 Å². The van der Waals surface area contributed by atoms with Crippen LogP contribution in [0, 0.1) is 0 Å². The first-order valence-corrected chi connectivity index (χ1v) is 7.30. The molecule has 0 aromatic rings. The first kappa shape index (κ1) is 14.0. The Hall–Kier alpha value is -0.0800. The molecule has 1 fully saturated rings. The van der Waals surface area contributed by atoms with Gasteiger partial charge in [0.1, 0.15) is 0 Å². The summed E-state index contributed by atoms with van der Waals surface area (Å²) in [6, 6.07) is 1.52. The third kappa shape index (κ3) is 4.06. The normalized spacial score (nSPS) is 27.0. The fraction of sp³-hybridized carbons (Fsp3) is 1.00. The zero-order valence-electron chi connectivity index (χ0n) is 11.5. The van der Waals surface area contributed by atoms with Gasteiger partial charge in [-0.05, 0) is 38.9 Å². The molecule has 0 saturated heterocycles. The number of hydrogen-bond acceptors (Lipinski definition) is 2. The lowest BCUT2D eigenvalue weighted by Crippen LogP contribution is -2.49. The van der Waals surface area contributed by atoms with Crippen LogP contribution in [0.3, 0.4) is 0 Å². The van der Waals surface area contributed by atoms with Crippen molar-refractivity contribution < 1.29 is 0 Å². The van der Waals surface area contributed by atoms with Crippen molar-refractivity contribution in [2.75, 3.05) is 19.6 Å². The summed E-state index contributed by atoms with van der Waals surface area (Å²) in [7, 11) is 0. The molecule has 1 aliphatic carbocycles. The maximum Gasteiger partial charge on any atom is 0.0249 e. The molecular formula is C14H30N2. The molecule has 0 radical (unpaired) electrons. The molecular weight excluding hydrogens is 196 g/mol. The lowest BCUT2D eigenvalue weighted by Gasteiger charge is -2.36. The minimum Gasteiger partial charge on any atom is -0.313 e. The lowest BCUT2D eigenvalue weighted by molar-refractivity contribution is 0.156. The Morgan fingerprint density at radius 3 is 2.44 bits per heavy atom. The maximum atomic E-state index is 3.71. The van der Waals surface area contributed by atoms with E-state index in [0.717, 1.165) is 18.6 Å². The molecule has 2 unspecified atom stereocenters. The molecule has 0 bridgehead atoms. The highest BCUT2D eigenvalue weighted by Crippen LogP contribution is 2.22. The summed E-state index contributed by atoms with van der Waals surface area (Å²) in [6.07, 6.45) is 8.32. The molecule has 0 amide bonds. The van der Waals surface area contributed by atoms with Crippen LogP contribution in [0.4, 0.5) is 0 Å². The van der Waals surface area contributed by atoms with Crippen molar-refractivity contribution in [2.45, 2.75) is 71.4 Å². The van der Waals surface area contributed by atoms with Crippen LogP contribution in [0.15, 0.2) is 0 Å². The van der Waals surface area contributed by atoms with Crippen molar-refractivity contribution in [1.82, 2.24) is 10.2 Å². The van der Waals surface area contributed by atoms with Crippen molar-refractivity contribution in [3.63, 3.8) is 0 Å². The Bertz CT molecular complexity index is 170. The first-order valence-electron chi connectivity index (χ1n) is 7.30. The fourth-order valence-electron chi connectivity index (χ4n) is 3.07. The molecule has 1 N–H and O–H groups in total. The number of hydrogen-bond donors (Lipinski definition) is 1. The fourth-order valence-corrected chi connectivity index (χ4v) is 3.07. The molecule has 0 aliphatic heterocycles. The minimum absolute atomic E-state index is 0.735. The van der Waals surface area contributed by atoms with Crippen molar-refractivity contribution in [1.29, 1.82) is 0 Å². The van der Waals surface area contributed by atoms with Crippen molar-refractivity contribution in [2.24, 2.45) is 0 Å². The van der Waals surface area contributed by atoms with Gasteiger partial charge in [0.15, 0.2) is 0 Å². The van der Waals surface area contributed by atoms with Crippen LogP contribution < -0.4 is 5.32 Å². The van der Waals surface area contributed by atoms with Crippen LogP contribution >= 0.6 is 0 Å². The van der Waals surface area contributed by atoms with Gasteiger partial charge in [0.25, 0.3) is 0 Å². The first-order chi connectivity index (χ1) is 7.83. The van der Waals surface area contributed by atoms with E-state index in [1.165, 1.54) is 51.6 Å². The minimum atomic E-state index is 0.735. The molecule has 0 aromatic carbocycles. The molecule has 96 valence electrons. The van der Waals surface area contributed by atoms with Gasteiger partial charge in [-0.25, -0.2) is 0 Å². The zero-order chi connectivity index (χ0) is 11.8. The van der Waals surface area contributed by atoms with Gasteiger partial charge in [-0.3, -0.25) is 4.90 Å². The molecule has 16 heavy (non-hydrogen) atoms. The molecule has 2 atom stereocenters. The summed E-state index contributed by atoms with van der Waals surface area (Å²) in [4.78, 5) is 2.69. The summed E-state index contributed by atoms with van der Waals surface area (Å²) in [6.45, 7) is 10.4. The zero-order valence-corrected chi connectivity index (χ0v) is 11.5. The smallest absolute Gasteiger partial charge is 0.0249 e. The molecule has 2 heteroatoms. The Morgan fingerprint density at radius 2 is 1.81 bits per heavy atom. The Kier molecular flexibility index (Phi) is 7.06. The summed E-state index contributed by atoms with van der Waals surface area (Å²) < 4.78 is 0. The van der Waals surface area contributed by atoms with E-state index in [1.807, 2.05) is 0 Å². The molecule has 1 aliphatic rings. The number of likely N-dealkylation sites (N-methyl/N-ethyl adjacent to an activating group) is 2. The summed E-state index contributed by atoms with van der Waals surface area (Å²) in [5.41, 5.74) is 0. The quantitative estimate of drug-likeness (QED) is 0.700. The summed E-state index contributed by atoms with van der Waals surface area (Å²) >= 11 is 0. The highest BCUT2D eigenvalue weighted by molar-refractivity contribution is 4.86. The standard InChI is InChI=1S/C14H30N2/c1-4-12-16(6-3)14-11-9-7-8-10-13(14)15-5-2/h13-15H,4-12H2,1-3H3. The van der Waals surface area contributed by atoms with Crippen LogP contribution in [0.25, 0.3) is 0 Å². The number of nitrogens with one attached hydrogen (secondary N) is 1. The van der Waals surface area contributed by atoms with E-state index >= 15 is 0 Å². The average Bonchev–Trinajstić information content (AvgIpc) is 2.52. The monoisotopic (exact) mass is 226 g/mol. The van der Waals surface area contributed by atoms with Gasteiger partial charge in [0.2, 0.25) is 0 Å². The second kappa shape index (κ2) is 8.08.